The molecule has 3 nitrogen and oxygen atoms in total. The van der Waals surface area contributed by atoms with Gasteiger partial charge in [-0.3, -0.25) is 10.2 Å². The molecule has 1 aromatic rings. The summed E-state index contributed by atoms with van der Waals surface area (Å²) < 4.78 is 0.979. The Labute approximate surface area is 126 Å². The van der Waals surface area contributed by atoms with E-state index in [1.807, 2.05) is 30.0 Å². The Bertz CT molecular complexity index is 447. The lowest BCUT2D eigenvalue weighted by Gasteiger charge is -2.10. The van der Waals surface area contributed by atoms with Crippen LogP contribution in [0.5, 0.6) is 0 Å². The standard InChI is InChI=1S/C14H19BrN2OS/c15-13-7-11(14(18)17-16)5-6-12(13)9-19-8-10-3-1-2-4-10/h5-7,10H,1-4,8-9,16H2,(H,17,18). The van der Waals surface area contributed by atoms with Gasteiger partial charge in [0.15, 0.2) is 0 Å². The number of nitrogens with two attached hydrogens (primary N) is 1. The fourth-order valence-electron chi connectivity index (χ4n) is 2.40. The van der Waals surface area contributed by atoms with Gasteiger partial charge in [0.05, 0.1) is 0 Å². The molecule has 1 aliphatic carbocycles. The molecule has 0 radical (unpaired) electrons. The summed E-state index contributed by atoms with van der Waals surface area (Å²) in [6.45, 7) is 0. The quantitative estimate of drug-likeness (QED) is 0.489. The van der Waals surface area contributed by atoms with Crippen molar-refractivity contribution < 1.29 is 4.79 Å². The van der Waals surface area contributed by atoms with Crippen molar-refractivity contribution in [3.05, 3.63) is 33.8 Å². The smallest absolute Gasteiger partial charge is 0.265 e. The zero-order valence-corrected chi connectivity index (χ0v) is 13.2. The SMILES string of the molecule is NNC(=O)c1ccc(CSCC2CCCC2)c(Br)c1. The first-order chi connectivity index (χ1) is 9.20. The summed E-state index contributed by atoms with van der Waals surface area (Å²) in [6.07, 6.45) is 5.59. The van der Waals surface area contributed by atoms with Crippen LogP contribution in [0.3, 0.4) is 0 Å². The van der Waals surface area contributed by atoms with E-state index in [9.17, 15) is 4.79 Å². The fourth-order valence-corrected chi connectivity index (χ4v) is 4.36. The number of amides is 1. The van der Waals surface area contributed by atoms with Gasteiger partial charge in [-0.1, -0.05) is 34.8 Å². The molecule has 0 bridgehead atoms. The van der Waals surface area contributed by atoms with E-state index < -0.39 is 0 Å². The number of benzene rings is 1. The van der Waals surface area contributed by atoms with Crippen LogP contribution in [0.4, 0.5) is 0 Å². The minimum absolute atomic E-state index is 0.258. The van der Waals surface area contributed by atoms with Gasteiger partial charge in [-0.2, -0.15) is 11.8 Å². The fraction of sp³-hybridized carbons (Fsp3) is 0.500. The van der Waals surface area contributed by atoms with Crippen molar-refractivity contribution >= 4 is 33.6 Å². The van der Waals surface area contributed by atoms with Crippen LogP contribution in [0.15, 0.2) is 22.7 Å². The summed E-state index contributed by atoms with van der Waals surface area (Å²) in [4.78, 5) is 11.4. The number of hydrazine groups is 1. The van der Waals surface area contributed by atoms with Crippen molar-refractivity contribution in [2.45, 2.75) is 31.4 Å². The maximum absolute atomic E-state index is 11.4. The van der Waals surface area contributed by atoms with E-state index in [0.29, 0.717) is 5.56 Å². The van der Waals surface area contributed by atoms with Crippen LogP contribution in [0.2, 0.25) is 0 Å². The zero-order chi connectivity index (χ0) is 13.7. The van der Waals surface area contributed by atoms with Gasteiger partial charge in [-0.05, 0) is 42.2 Å². The summed E-state index contributed by atoms with van der Waals surface area (Å²) in [5.41, 5.74) is 3.96. The van der Waals surface area contributed by atoms with E-state index in [1.165, 1.54) is 37.0 Å². The van der Waals surface area contributed by atoms with Gasteiger partial charge in [0.2, 0.25) is 0 Å². The van der Waals surface area contributed by atoms with E-state index in [0.717, 1.165) is 16.1 Å². The molecule has 0 spiro atoms. The van der Waals surface area contributed by atoms with Gasteiger partial charge >= 0.3 is 0 Å². The molecule has 0 heterocycles. The third-order valence-corrected chi connectivity index (χ3v) is 5.49. The summed E-state index contributed by atoms with van der Waals surface area (Å²) in [7, 11) is 0. The Morgan fingerprint density at radius 2 is 2.16 bits per heavy atom. The van der Waals surface area contributed by atoms with Gasteiger partial charge in [-0.15, -0.1) is 0 Å². The summed E-state index contributed by atoms with van der Waals surface area (Å²) in [5.74, 6) is 8.01. The molecule has 1 aliphatic rings. The average molecular weight is 343 g/mol. The molecule has 1 fully saturated rings. The van der Waals surface area contributed by atoms with Crippen molar-refractivity contribution in [2.24, 2.45) is 11.8 Å². The molecule has 1 amide bonds. The highest BCUT2D eigenvalue weighted by molar-refractivity contribution is 9.10. The topological polar surface area (TPSA) is 55.1 Å². The molecule has 0 unspecified atom stereocenters. The minimum atomic E-state index is -0.258. The van der Waals surface area contributed by atoms with Crippen molar-refractivity contribution in [1.29, 1.82) is 0 Å². The second kappa shape index (κ2) is 7.31. The number of rotatable bonds is 5. The van der Waals surface area contributed by atoms with E-state index in [-0.39, 0.29) is 5.91 Å². The first kappa shape index (κ1) is 14.9. The molecule has 5 heteroatoms. The highest BCUT2D eigenvalue weighted by Crippen LogP contribution is 2.30. The Morgan fingerprint density at radius 1 is 1.42 bits per heavy atom. The summed E-state index contributed by atoms with van der Waals surface area (Å²) in [5, 5.41) is 0. The lowest BCUT2D eigenvalue weighted by atomic mass is 10.1. The number of carbonyl (C=O) groups excluding carboxylic acids is 1. The molecule has 104 valence electrons. The van der Waals surface area contributed by atoms with E-state index in [1.54, 1.807) is 0 Å². The predicted molar refractivity (Wildman–Crippen MR) is 83.9 cm³/mol. The Kier molecular flexibility index (Phi) is 5.73. The highest BCUT2D eigenvalue weighted by Gasteiger charge is 2.15. The van der Waals surface area contributed by atoms with Crippen LogP contribution in [-0.2, 0) is 5.75 Å². The molecule has 0 aliphatic heterocycles. The van der Waals surface area contributed by atoms with Crippen molar-refractivity contribution in [3.8, 4) is 0 Å². The number of halogens is 1. The van der Waals surface area contributed by atoms with E-state index >= 15 is 0 Å². The van der Waals surface area contributed by atoms with Crippen molar-refractivity contribution in [2.75, 3.05) is 5.75 Å². The molecule has 2 rings (SSSR count). The molecule has 0 atom stereocenters. The maximum atomic E-state index is 11.4. The van der Waals surface area contributed by atoms with E-state index in [4.69, 9.17) is 5.84 Å². The molecule has 1 saturated carbocycles. The number of nitrogens with one attached hydrogen (secondary N) is 1. The Morgan fingerprint density at radius 3 is 2.79 bits per heavy atom. The molecule has 3 N–H and O–H groups in total. The second-order valence-electron chi connectivity index (χ2n) is 4.95. The Hall–Kier alpha value is -0.520. The molecular weight excluding hydrogens is 324 g/mol. The largest absolute Gasteiger partial charge is 0.290 e. The summed E-state index contributed by atoms with van der Waals surface area (Å²) in [6, 6.07) is 5.64. The van der Waals surface area contributed by atoms with Crippen LogP contribution < -0.4 is 11.3 Å². The minimum Gasteiger partial charge on any atom is -0.290 e. The van der Waals surface area contributed by atoms with Crippen LogP contribution >= 0.6 is 27.7 Å². The third kappa shape index (κ3) is 4.23. The Balaban J connectivity index is 1.87. The van der Waals surface area contributed by atoms with Gasteiger partial charge < -0.3 is 0 Å². The molecule has 0 saturated heterocycles. The maximum Gasteiger partial charge on any atom is 0.265 e. The lowest BCUT2D eigenvalue weighted by molar-refractivity contribution is 0.0953. The molecule has 19 heavy (non-hydrogen) atoms. The number of hydrogen-bond donors (Lipinski definition) is 2. The number of carbonyl (C=O) groups is 1. The van der Waals surface area contributed by atoms with Gasteiger partial charge in [0.25, 0.3) is 5.91 Å². The average Bonchev–Trinajstić information content (AvgIpc) is 2.93. The molecule has 1 aromatic carbocycles. The molecule has 0 aromatic heterocycles. The van der Waals surface area contributed by atoms with Crippen LogP contribution in [0, 0.1) is 5.92 Å². The van der Waals surface area contributed by atoms with Gasteiger partial charge in [-0.25, -0.2) is 5.84 Å². The molecular formula is C14H19BrN2OS. The van der Waals surface area contributed by atoms with E-state index in [2.05, 4.69) is 21.4 Å². The van der Waals surface area contributed by atoms with Crippen LogP contribution in [-0.4, -0.2) is 11.7 Å². The first-order valence-corrected chi connectivity index (χ1v) is 8.52. The van der Waals surface area contributed by atoms with Crippen LogP contribution in [0.1, 0.15) is 41.6 Å². The monoisotopic (exact) mass is 342 g/mol. The first-order valence-electron chi connectivity index (χ1n) is 6.58. The second-order valence-corrected chi connectivity index (χ2v) is 6.83. The normalized spacial score (nSPS) is 15.7. The number of hydrogen-bond acceptors (Lipinski definition) is 3. The van der Waals surface area contributed by atoms with Gasteiger partial charge in [0, 0.05) is 15.8 Å². The van der Waals surface area contributed by atoms with Crippen molar-refractivity contribution in [3.63, 3.8) is 0 Å². The number of nitrogen functional groups attached to an aromatic ring is 1. The third-order valence-electron chi connectivity index (χ3n) is 3.53. The van der Waals surface area contributed by atoms with Crippen LogP contribution in [0.25, 0.3) is 0 Å². The highest BCUT2D eigenvalue weighted by atomic mass is 79.9. The van der Waals surface area contributed by atoms with Crippen molar-refractivity contribution in [1.82, 2.24) is 5.43 Å². The number of thioether (sulfide) groups is 1. The predicted octanol–water partition coefficient (Wildman–Crippen LogP) is 3.48. The van der Waals surface area contributed by atoms with Gasteiger partial charge in [0.1, 0.15) is 0 Å². The summed E-state index contributed by atoms with van der Waals surface area (Å²) >= 11 is 5.51. The lowest BCUT2D eigenvalue weighted by Crippen LogP contribution is -2.29. The zero-order valence-electron chi connectivity index (χ0n) is 10.8.